The van der Waals surface area contributed by atoms with Crippen molar-refractivity contribution in [1.29, 1.82) is 0 Å². The van der Waals surface area contributed by atoms with E-state index in [-0.39, 0.29) is 17.6 Å². The summed E-state index contributed by atoms with van der Waals surface area (Å²) in [7, 11) is 0. The van der Waals surface area contributed by atoms with Crippen LogP contribution in [0.2, 0.25) is 5.02 Å². The van der Waals surface area contributed by atoms with E-state index >= 15 is 0 Å². The molecule has 0 aliphatic carbocycles. The molecule has 1 N–H and O–H groups in total. The molecule has 1 amide bonds. The van der Waals surface area contributed by atoms with Crippen LogP contribution < -0.4 is 5.32 Å². The maximum absolute atomic E-state index is 13.4. The minimum absolute atomic E-state index is 0.00822. The van der Waals surface area contributed by atoms with Crippen LogP contribution in [0, 0.1) is 11.7 Å². The van der Waals surface area contributed by atoms with Crippen LogP contribution >= 0.6 is 11.6 Å². The fraction of sp³-hybridized carbons (Fsp3) is 0.292. The molecule has 3 aromatic rings. The van der Waals surface area contributed by atoms with Gasteiger partial charge in [-0.2, -0.15) is 0 Å². The second-order valence-electron chi connectivity index (χ2n) is 7.80. The summed E-state index contributed by atoms with van der Waals surface area (Å²) in [5.41, 5.74) is 2.62. The predicted octanol–water partition coefficient (Wildman–Crippen LogP) is 4.39. The van der Waals surface area contributed by atoms with Crippen molar-refractivity contribution in [3.8, 4) is 0 Å². The van der Waals surface area contributed by atoms with Crippen LogP contribution in [0.1, 0.15) is 35.7 Å². The standard InChI is InChI=1S/C24H24ClFN4O/c25-20-5-1-17(2-6-20)16-30-13-9-19(10-14-30)24(31)29-23(22-15-27-11-12-28-22)18-3-7-21(26)8-4-18/h1-8,11-12,15,19,23H,9-10,13-14,16H2,(H,29,31). The molecule has 7 heteroatoms. The molecule has 1 unspecified atom stereocenters. The summed E-state index contributed by atoms with van der Waals surface area (Å²) in [6.07, 6.45) is 6.38. The Bertz CT molecular complexity index is 990. The molecule has 1 aliphatic heterocycles. The Balaban J connectivity index is 1.39. The molecule has 1 aliphatic rings. The van der Waals surface area contributed by atoms with Crippen LogP contribution in [0.4, 0.5) is 4.39 Å². The summed E-state index contributed by atoms with van der Waals surface area (Å²) >= 11 is 5.96. The molecule has 0 bridgehead atoms. The van der Waals surface area contributed by atoms with E-state index in [1.165, 1.54) is 17.7 Å². The van der Waals surface area contributed by atoms with Gasteiger partial charge >= 0.3 is 0 Å². The quantitative estimate of drug-likeness (QED) is 0.620. The monoisotopic (exact) mass is 438 g/mol. The number of carbonyl (C=O) groups excluding carboxylic acids is 1. The Hall–Kier alpha value is -2.83. The van der Waals surface area contributed by atoms with Gasteiger partial charge in [-0.15, -0.1) is 0 Å². The van der Waals surface area contributed by atoms with Gasteiger partial charge in [-0.1, -0.05) is 35.9 Å². The van der Waals surface area contributed by atoms with E-state index in [0.29, 0.717) is 5.69 Å². The fourth-order valence-electron chi connectivity index (χ4n) is 3.90. The number of halogens is 2. The Kier molecular flexibility index (Phi) is 6.89. The third kappa shape index (κ3) is 5.66. The molecule has 160 valence electrons. The number of likely N-dealkylation sites (tertiary alicyclic amines) is 1. The minimum Gasteiger partial charge on any atom is -0.343 e. The first-order valence-corrected chi connectivity index (χ1v) is 10.7. The van der Waals surface area contributed by atoms with Crippen LogP contribution in [-0.4, -0.2) is 33.9 Å². The molecule has 1 aromatic heterocycles. The van der Waals surface area contributed by atoms with Crippen LogP contribution in [-0.2, 0) is 11.3 Å². The van der Waals surface area contributed by atoms with Gasteiger partial charge in [0.05, 0.1) is 17.9 Å². The van der Waals surface area contributed by atoms with E-state index < -0.39 is 6.04 Å². The normalized spacial score (nSPS) is 16.1. The SMILES string of the molecule is O=C(NC(c1ccc(F)cc1)c1cnccn1)C1CCN(Cc2ccc(Cl)cc2)CC1. The average molecular weight is 439 g/mol. The van der Waals surface area contributed by atoms with E-state index in [2.05, 4.69) is 20.2 Å². The van der Waals surface area contributed by atoms with Crippen LogP contribution in [0.3, 0.4) is 0 Å². The van der Waals surface area contributed by atoms with Crippen molar-refractivity contribution in [2.24, 2.45) is 5.92 Å². The van der Waals surface area contributed by atoms with Crippen molar-refractivity contribution in [3.05, 3.63) is 94.8 Å². The van der Waals surface area contributed by atoms with Crippen LogP contribution in [0.25, 0.3) is 0 Å². The predicted molar refractivity (Wildman–Crippen MR) is 118 cm³/mol. The first kappa shape index (κ1) is 21.4. The van der Waals surface area contributed by atoms with Gasteiger partial charge in [-0.3, -0.25) is 19.7 Å². The summed E-state index contributed by atoms with van der Waals surface area (Å²) in [6.45, 7) is 2.56. The van der Waals surface area contributed by atoms with Gasteiger partial charge < -0.3 is 5.32 Å². The highest BCUT2D eigenvalue weighted by Gasteiger charge is 2.28. The van der Waals surface area contributed by atoms with Crippen LogP contribution in [0.5, 0.6) is 0 Å². The number of nitrogens with one attached hydrogen (secondary N) is 1. The van der Waals surface area contributed by atoms with Gasteiger partial charge in [0.25, 0.3) is 0 Å². The van der Waals surface area contributed by atoms with Crippen molar-refractivity contribution in [2.75, 3.05) is 13.1 Å². The van der Waals surface area contributed by atoms with Gasteiger partial charge in [0.2, 0.25) is 5.91 Å². The topological polar surface area (TPSA) is 58.1 Å². The van der Waals surface area contributed by atoms with Crippen molar-refractivity contribution in [2.45, 2.75) is 25.4 Å². The molecule has 2 aromatic carbocycles. The lowest BCUT2D eigenvalue weighted by molar-refractivity contribution is -0.127. The zero-order valence-corrected chi connectivity index (χ0v) is 17.8. The number of amides is 1. The first-order valence-electron chi connectivity index (χ1n) is 10.4. The highest BCUT2D eigenvalue weighted by molar-refractivity contribution is 6.30. The number of aromatic nitrogens is 2. The molecular weight excluding hydrogens is 415 g/mol. The van der Waals surface area contributed by atoms with Crippen molar-refractivity contribution < 1.29 is 9.18 Å². The molecule has 1 atom stereocenters. The van der Waals surface area contributed by atoms with E-state index in [1.807, 2.05) is 24.3 Å². The fourth-order valence-corrected chi connectivity index (χ4v) is 4.03. The molecular formula is C24H24ClFN4O. The Morgan fingerprint density at radius 3 is 2.45 bits per heavy atom. The number of carbonyl (C=O) groups is 1. The Morgan fingerprint density at radius 1 is 1.10 bits per heavy atom. The van der Waals surface area contributed by atoms with E-state index in [1.54, 1.807) is 30.7 Å². The molecule has 31 heavy (non-hydrogen) atoms. The highest BCUT2D eigenvalue weighted by atomic mass is 35.5. The number of hydrogen-bond donors (Lipinski definition) is 1. The Labute approximate surface area is 186 Å². The van der Waals surface area contributed by atoms with Crippen molar-refractivity contribution in [1.82, 2.24) is 20.2 Å². The molecule has 0 spiro atoms. The third-order valence-corrected chi connectivity index (χ3v) is 5.90. The van der Waals surface area contributed by atoms with Crippen LogP contribution in [0.15, 0.2) is 67.1 Å². The minimum atomic E-state index is -0.464. The molecule has 5 nitrogen and oxygen atoms in total. The molecule has 1 saturated heterocycles. The summed E-state index contributed by atoms with van der Waals surface area (Å²) in [5.74, 6) is -0.395. The molecule has 1 fully saturated rings. The number of piperidine rings is 1. The van der Waals surface area contributed by atoms with Crippen molar-refractivity contribution in [3.63, 3.8) is 0 Å². The molecule has 0 radical (unpaired) electrons. The summed E-state index contributed by atoms with van der Waals surface area (Å²) in [5, 5.41) is 3.85. The second kappa shape index (κ2) is 9.98. The lowest BCUT2D eigenvalue weighted by Crippen LogP contribution is -2.41. The maximum Gasteiger partial charge on any atom is 0.224 e. The zero-order chi connectivity index (χ0) is 21.6. The number of nitrogens with zero attached hydrogens (tertiary/aromatic N) is 3. The molecule has 0 saturated carbocycles. The third-order valence-electron chi connectivity index (χ3n) is 5.65. The average Bonchev–Trinajstić information content (AvgIpc) is 2.81. The number of rotatable bonds is 6. The highest BCUT2D eigenvalue weighted by Crippen LogP contribution is 2.24. The smallest absolute Gasteiger partial charge is 0.224 e. The molecule has 2 heterocycles. The zero-order valence-electron chi connectivity index (χ0n) is 17.0. The Morgan fingerprint density at radius 2 is 1.81 bits per heavy atom. The lowest BCUT2D eigenvalue weighted by atomic mass is 9.94. The van der Waals surface area contributed by atoms with Gasteiger partial charge in [0, 0.05) is 29.9 Å². The first-order chi connectivity index (χ1) is 15.1. The van der Waals surface area contributed by atoms with Gasteiger partial charge in [-0.05, 0) is 61.3 Å². The van der Waals surface area contributed by atoms with E-state index in [0.717, 1.165) is 43.1 Å². The van der Waals surface area contributed by atoms with Gasteiger partial charge in [0.1, 0.15) is 5.82 Å². The number of hydrogen-bond acceptors (Lipinski definition) is 4. The van der Waals surface area contributed by atoms with E-state index in [4.69, 9.17) is 11.6 Å². The summed E-state index contributed by atoms with van der Waals surface area (Å²) < 4.78 is 13.4. The summed E-state index contributed by atoms with van der Waals surface area (Å²) in [6, 6.07) is 13.5. The summed E-state index contributed by atoms with van der Waals surface area (Å²) in [4.78, 5) is 23.9. The van der Waals surface area contributed by atoms with Crippen molar-refractivity contribution >= 4 is 17.5 Å². The maximum atomic E-state index is 13.4. The second-order valence-corrected chi connectivity index (χ2v) is 8.24. The molecule has 4 rings (SSSR count). The number of benzene rings is 2. The lowest BCUT2D eigenvalue weighted by Gasteiger charge is -2.32. The van der Waals surface area contributed by atoms with Gasteiger partial charge in [0.15, 0.2) is 0 Å². The van der Waals surface area contributed by atoms with E-state index in [9.17, 15) is 9.18 Å². The van der Waals surface area contributed by atoms with Gasteiger partial charge in [-0.25, -0.2) is 4.39 Å². The largest absolute Gasteiger partial charge is 0.343 e.